The van der Waals surface area contributed by atoms with E-state index in [1.54, 1.807) is 23.4 Å². The number of carbonyl (C=O) groups excluding carboxylic acids is 1. The van der Waals surface area contributed by atoms with Crippen LogP contribution in [0.5, 0.6) is 0 Å². The Hall–Kier alpha value is -1.93. The summed E-state index contributed by atoms with van der Waals surface area (Å²) in [4.78, 5) is 18.6. The average Bonchev–Trinajstić information content (AvgIpc) is 2.95. The molecule has 0 atom stereocenters. The van der Waals surface area contributed by atoms with Gasteiger partial charge in [-0.15, -0.1) is 0 Å². The maximum Gasteiger partial charge on any atom is 0.254 e. The number of imidazole rings is 1. The van der Waals surface area contributed by atoms with Gasteiger partial charge in [0, 0.05) is 38.8 Å². The number of piperazine rings is 1. The largest absolute Gasteiger partial charge is 0.336 e. The second-order valence-corrected chi connectivity index (χ2v) is 8.15. The summed E-state index contributed by atoms with van der Waals surface area (Å²) < 4.78 is 27.6. The molecule has 7 nitrogen and oxygen atoms in total. The van der Waals surface area contributed by atoms with Crippen LogP contribution in [0.2, 0.25) is 0 Å². The number of hydrogen-bond donors (Lipinski definition) is 0. The van der Waals surface area contributed by atoms with E-state index < -0.39 is 10.0 Å². The fraction of sp³-hybridized carbons (Fsp3) is 0.500. The van der Waals surface area contributed by atoms with Crippen molar-refractivity contribution in [2.24, 2.45) is 7.05 Å². The number of nitrogens with zero attached hydrogens (tertiary/aromatic N) is 4. The highest BCUT2D eigenvalue weighted by atomic mass is 32.2. The molecule has 0 bridgehead atoms. The van der Waals surface area contributed by atoms with Crippen molar-refractivity contribution in [3.05, 3.63) is 30.1 Å². The molecule has 0 radical (unpaired) electrons. The highest BCUT2D eigenvalue weighted by Gasteiger charge is 2.28. The van der Waals surface area contributed by atoms with Crippen LogP contribution in [-0.2, 0) is 17.1 Å². The number of amides is 1. The number of fused-ring (bicyclic) bond motifs is 1. The van der Waals surface area contributed by atoms with Gasteiger partial charge < -0.3 is 9.47 Å². The van der Waals surface area contributed by atoms with Gasteiger partial charge in [0.2, 0.25) is 10.0 Å². The minimum absolute atomic E-state index is 0.0740. The van der Waals surface area contributed by atoms with Crippen molar-refractivity contribution < 1.29 is 13.2 Å². The summed E-state index contributed by atoms with van der Waals surface area (Å²) >= 11 is 0. The van der Waals surface area contributed by atoms with Crippen molar-refractivity contribution in [2.45, 2.75) is 13.3 Å². The molecule has 0 spiro atoms. The van der Waals surface area contributed by atoms with E-state index in [1.807, 2.05) is 24.6 Å². The summed E-state index contributed by atoms with van der Waals surface area (Å²) in [5.74, 6) is 0.0900. The van der Waals surface area contributed by atoms with E-state index in [9.17, 15) is 13.2 Å². The fourth-order valence-corrected chi connectivity index (χ4v) is 4.50. The normalized spacial score (nSPS) is 16.7. The van der Waals surface area contributed by atoms with Crippen LogP contribution in [0.3, 0.4) is 0 Å². The van der Waals surface area contributed by atoms with Gasteiger partial charge in [0.1, 0.15) is 0 Å². The fourth-order valence-electron chi connectivity index (χ4n) is 3.01. The Bertz CT molecular complexity index is 851. The molecule has 0 saturated carbocycles. The van der Waals surface area contributed by atoms with E-state index in [0.717, 1.165) is 11.0 Å². The Kier molecular flexibility index (Phi) is 4.60. The lowest BCUT2D eigenvalue weighted by molar-refractivity contribution is 0.0698. The molecule has 0 unspecified atom stereocenters. The zero-order valence-electron chi connectivity index (χ0n) is 14.0. The topological polar surface area (TPSA) is 75.5 Å². The molecule has 1 fully saturated rings. The minimum atomic E-state index is -3.19. The SMILES string of the molecule is CCCS(=O)(=O)N1CCN(C(=O)c2ccc3c(c2)ncn3C)CC1. The number of sulfonamides is 1. The summed E-state index contributed by atoms with van der Waals surface area (Å²) in [6.45, 7) is 3.41. The van der Waals surface area contributed by atoms with Gasteiger partial charge in [-0.05, 0) is 24.6 Å². The number of rotatable bonds is 4. The Labute approximate surface area is 141 Å². The van der Waals surface area contributed by atoms with E-state index in [1.165, 1.54) is 4.31 Å². The molecule has 1 aromatic carbocycles. The van der Waals surface area contributed by atoms with Crippen molar-refractivity contribution in [1.29, 1.82) is 0 Å². The lowest BCUT2D eigenvalue weighted by Crippen LogP contribution is -2.51. The zero-order valence-corrected chi connectivity index (χ0v) is 14.8. The molecule has 3 rings (SSSR count). The quantitative estimate of drug-likeness (QED) is 0.827. The van der Waals surface area contributed by atoms with Gasteiger partial charge in [0.25, 0.3) is 5.91 Å². The van der Waals surface area contributed by atoms with Gasteiger partial charge >= 0.3 is 0 Å². The van der Waals surface area contributed by atoms with Crippen LogP contribution in [0.15, 0.2) is 24.5 Å². The molecular formula is C16H22N4O3S. The molecule has 0 N–H and O–H groups in total. The molecule has 1 amide bonds. The van der Waals surface area contributed by atoms with Crippen LogP contribution < -0.4 is 0 Å². The second kappa shape index (κ2) is 6.52. The molecule has 2 heterocycles. The third-order valence-corrected chi connectivity index (χ3v) is 6.43. The van der Waals surface area contributed by atoms with Crippen molar-refractivity contribution in [1.82, 2.24) is 18.8 Å². The molecule has 1 aromatic heterocycles. The first-order valence-electron chi connectivity index (χ1n) is 8.10. The average molecular weight is 350 g/mol. The predicted molar refractivity (Wildman–Crippen MR) is 92.3 cm³/mol. The van der Waals surface area contributed by atoms with Crippen molar-refractivity contribution >= 4 is 27.0 Å². The van der Waals surface area contributed by atoms with Crippen molar-refractivity contribution in [3.63, 3.8) is 0 Å². The Morgan fingerprint density at radius 3 is 2.58 bits per heavy atom. The van der Waals surface area contributed by atoms with Gasteiger partial charge in [-0.2, -0.15) is 4.31 Å². The van der Waals surface area contributed by atoms with E-state index in [0.29, 0.717) is 38.2 Å². The smallest absolute Gasteiger partial charge is 0.254 e. The molecule has 1 aliphatic heterocycles. The maximum atomic E-state index is 12.7. The first-order valence-corrected chi connectivity index (χ1v) is 9.71. The first kappa shape index (κ1) is 16.9. The highest BCUT2D eigenvalue weighted by molar-refractivity contribution is 7.89. The van der Waals surface area contributed by atoms with Gasteiger partial charge in [-0.3, -0.25) is 4.79 Å². The molecule has 130 valence electrons. The molecule has 2 aromatic rings. The summed E-state index contributed by atoms with van der Waals surface area (Å²) in [5, 5.41) is 0. The molecular weight excluding hydrogens is 328 g/mol. The third-order valence-electron chi connectivity index (χ3n) is 4.35. The van der Waals surface area contributed by atoms with E-state index in [2.05, 4.69) is 4.98 Å². The first-order chi connectivity index (χ1) is 11.4. The summed E-state index contributed by atoms with van der Waals surface area (Å²) in [6, 6.07) is 5.47. The second-order valence-electron chi connectivity index (χ2n) is 6.07. The summed E-state index contributed by atoms with van der Waals surface area (Å²) in [7, 11) is -1.28. The number of aromatic nitrogens is 2. The zero-order chi connectivity index (χ0) is 17.3. The van der Waals surface area contributed by atoms with Crippen molar-refractivity contribution in [3.8, 4) is 0 Å². The highest BCUT2D eigenvalue weighted by Crippen LogP contribution is 2.17. The summed E-state index contributed by atoms with van der Waals surface area (Å²) in [5.41, 5.74) is 2.35. The van der Waals surface area contributed by atoms with Crippen LogP contribution in [-0.4, -0.2) is 65.0 Å². The minimum Gasteiger partial charge on any atom is -0.336 e. The van der Waals surface area contributed by atoms with Crippen LogP contribution in [0.25, 0.3) is 11.0 Å². The predicted octanol–water partition coefficient (Wildman–Crippen LogP) is 1.07. The number of benzene rings is 1. The Balaban J connectivity index is 1.70. The standard InChI is InChI=1S/C16H22N4O3S/c1-3-10-24(22,23)20-8-6-19(7-9-20)16(21)13-4-5-15-14(11-13)17-12-18(15)2/h4-5,11-12H,3,6-10H2,1-2H3. The van der Waals surface area contributed by atoms with Crippen molar-refractivity contribution in [2.75, 3.05) is 31.9 Å². The number of aryl methyl sites for hydroxylation is 1. The summed E-state index contributed by atoms with van der Waals surface area (Å²) in [6.07, 6.45) is 2.32. The van der Waals surface area contributed by atoms with Gasteiger partial charge in [-0.1, -0.05) is 6.92 Å². The van der Waals surface area contributed by atoms with Crippen LogP contribution >= 0.6 is 0 Å². The number of hydrogen-bond acceptors (Lipinski definition) is 4. The maximum absolute atomic E-state index is 12.7. The molecule has 8 heteroatoms. The molecule has 1 saturated heterocycles. The van der Waals surface area contributed by atoms with Gasteiger partial charge in [0.15, 0.2) is 0 Å². The van der Waals surface area contributed by atoms with Crippen LogP contribution in [0.4, 0.5) is 0 Å². The molecule has 0 aliphatic carbocycles. The van der Waals surface area contributed by atoms with Gasteiger partial charge in [-0.25, -0.2) is 13.4 Å². The van der Waals surface area contributed by atoms with E-state index in [4.69, 9.17) is 0 Å². The Morgan fingerprint density at radius 1 is 1.21 bits per heavy atom. The third kappa shape index (κ3) is 3.16. The molecule has 1 aliphatic rings. The van der Waals surface area contributed by atoms with Crippen LogP contribution in [0.1, 0.15) is 23.7 Å². The monoisotopic (exact) mass is 350 g/mol. The molecule has 24 heavy (non-hydrogen) atoms. The Morgan fingerprint density at radius 2 is 1.92 bits per heavy atom. The van der Waals surface area contributed by atoms with Gasteiger partial charge in [0.05, 0.1) is 23.1 Å². The van der Waals surface area contributed by atoms with E-state index >= 15 is 0 Å². The lowest BCUT2D eigenvalue weighted by Gasteiger charge is -2.34. The van der Waals surface area contributed by atoms with Crippen LogP contribution in [0, 0.1) is 0 Å². The van der Waals surface area contributed by atoms with E-state index in [-0.39, 0.29) is 11.7 Å². The lowest BCUT2D eigenvalue weighted by atomic mass is 10.1. The number of carbonyl (C=O) groups is 1.